The summed E-state index contributed by atoms with van der Waals surface area (Å²) in [5, 5.41) is 46.9. The summed E-state index contributed by atoms with van der Waals surface area (Å²) in [7, 11) is 3.06. The summed E-state index contributed by atoms with van der Waals surface area (Å²) < 4.78 is 76.5. The average molecular weight is 1670 g/mol. The van der Waals surface area contributed by atoms with E-state index in [1.54, 1.807) is 27.9 Å². The third-order valence-electron chi connectivity index (χ3n) is 22.3. The molecule has 3 amide bonds. The third kappa shape index (κ3) is 30.6. The minimum Gasteiger partial charge on any atom is -0.459 e. The van der Waals surface area contributed by atoms with Gasteiger partial charge >= 0.3 is 12.1 Å². The van der Waals surface area contributed by atoms with Crippen LogP contribution in [-0.2, 0) is 96.9 Å². The number of aryl methyl sites for hydroxylation is 1. The predicted molar refractivity (Wildman–Crippen MR) is 442 cm³/mol. The van der Waals surface area contributed by atoms with E-state index in [-0.39, 0.29) is 81.9 Å². The molecule has 1 aliphatic carbocycles. The number of amides is 3. The predicted octanol–water partition coefficient (Wildman–Crippen LogP) is 6.94. The van der Waals surface area contributed by atoms with Crippen molar-refractivity contribution < 1.29 is 110 Å². The SMILES string of the molecule is CO[C@H]1C[C@@H]2CC[C@@H](C)[C@@](O)(O2)C(=O)C(=O)N2CCCC[C@H]2C(=O)O[C@H]([C@H](N)C[C@@H]2CC[C@@H](OC(=O)NCCOCCOCCOCCOCCOCCOCCOCCOCCC(=O)NCCCCn3nc(-c4ccc5[nH]ccc5c4)c4c(N)ncnc43)[C@H](OC)C2)CC(=O)[C@H](C)/C=C(\C)[C@@H](O)[C@@H](O)C(=O)[C@H](C)C[C@H](C)/C=C/C=C/C=C/1C. The van der Waals surface area contributed by atoms with E-state index in [0.29, 0.717) is 162 Å². The van der Waals surface area contributed by atoms with Gasteiger partial charge in [-0.15, -0.1) is 0 Å². The molecule has 15 atom stereocenters. The molecule has 33 heteroatoms. The first-order valence-electron chi connectivity index (χ1n) is 42.2. The number of nitrogens with zero attached hydrogens (tertiary/aromatic N) is 5. The fourth-order valence-electron chi connectivity index (χ4n) is 15.3. The molecule has 0 unspecified atom stereocenters. The number of esters is 1. The lowest BCUT2D eigenvalue weighted by Crippen LogP contribution is -2.61. The van der Waals surface area contributed by atoms with Crippen LogP contribution in [0.5, 0.6) is 0 Å². The normalized spacial score (nSPS) is 27.4. The summed E-state index contributed by atoms with van der Waals surface area (Å²) in [5.74, 6) is -8.99. The van der Waals surface area contributed by atoms with Crippen LogP contribution in [0, 0.1) is 29.6 Å². The summed E-state index contributed by atoms with van der Waals surface area (Å²) >= 11 is 0. The zero-order valence-electron chi connectivity index (χ0n) is 70.7. The number of benzene rings is 1. The molecule has 3 aromatic heterocycles. The summed E-state index contributed by atoms with van der Waals surface area (Å²) in [5.41, 5.74) is 17.7. The van der Waals surface area contributed by atoms with Crippen molar-refractivity contribution in [2.75, 3.05) is 145 Å². The van der Waals surface area contributed by atoms with Crippen LogP contribution in [0.1, 0.15) is 138 Å². The number of ketones is 3. The molecule has 4 aliphatic rings. The Bertz CT molecular complexity index is 3940. The highest BCUT2D eigenvalue weighted by molar-refractivity contribution is 6.39. The second-order valence-electron chi connectivity index (χ2n) is 31.4. The van der Waals surface area contributed by atoms with Gasteiger partial charge in [-0.3, -0.25) is 24.0 Å². The van der Waals surface area contributed by atoms with Gasteiger partial charge in [0.1, 0.15) is 54.1 Å². The topological polar surface area (TPSA) is 439 Å². The minimum absolute atomic E-state index is 0.000935. The molecule has 2 saturated heterocycles. The maximum Gasteiger partial charge on any atom is 0.407 e. The smallest absolute Gasteiger partial charge is 0.407 e. The highest BCUT2D eigenvalue weighted by atomic mass is 16.6. The van der Waals surface area contributed by atoms with Gasteiger partial charge < -0.3 is 109 Å². The zero-order valence-corrected chi connectivity index (χ0v) is 70.7. The number of unbranched alkanes of at least 4 members (excludes halogenated alkanes) is 1. The molecule has 3 aliphatic heterocycles. The lowest BCUT2D eigenvalue weighted by Gasteiger charge is -2.42. The number of hydrogen-bond donors (Lipinski definition) is 8. The Morgan fingerprint density at radius 3 is 2.04 bits per heavy atom. The van der Waals surface area contributed by atoms with Crippen molar-refractivity contribution in [1.82, 2.24) is 40.3 Å². The van der Waals surface area contributed by atoms with Crippen molar-refractivity contribution in [2.45, 2.75) is 205 Å². The number of carbonyl (C=O) groups excluding carboxylic acids is 7. The fourth-order valence-corrected chi connectivity index (χ4v) is 15.3. The van der Waals surface area contributed by atoms with Gasteiger partial charge in [0.05, 0.1) is 129 Å². The first-order valence-corrected chi connectivity index (χ1v) is 42.2. The van der Waals surface area contributed by atoms with Gasteiger partial charge in [-0.2, -0.15) is 5.10 Å². The van der Waals surface area contributed by atoms with Crippen molar-refractivity contribution in [3.05, 3.63) is 84.4 Å². The van der Waals surface area contributed by atoms with Crippen molar-refractivity contribution in [3.8, 4) is 11.3 Å². The molecular formula is C86H130N10O23. The van der Waals surface area contributed by atoms with Crippen molar-refractivity contribution in [3.63, 3.8) is 0 Å². The number of methoxy groups -OCH3 is 2. The Labute approximate surface area is 697 Å². The number of aliphatic hydroxyl groups is 3. The first kappa shape index (κ1) is 96.6. The van der Waals surface area contributed by atoms with Crippen molar-refractivity contribution >= 4 is 69.0 Å². The number of piperidine rings is 1. The number of nitrogens with two attached hydrogens (primary N) is 2. The summed E-state index contributed by atoms with van der Waals surface area (Å²) in [4.78, 5) is 110. The first-order chi connectivity index (χ1) is 57.4. The van der Waals surface area contributed by atoms with Gasteiger partial charge in [-0.1, -0.05) is 70.2 Å². The monoisotopic (exact) mass is 1670 g/mol. The van der Waals surface area contributed by atoms with Crippen LogP contribution < -0.4 is 22.1 Å². The largest absolute Gasteiger partial charge is 0.459 e. The van der Waals surface area contributed by atoms with E-state index in [9.17, 15) is 48.9 Å². The van der Waals surface area contributed by atoms with E-state index in [1.165, 1.54) is 26.4 Å². The summed E-state index contributed by atoms with van der Waals surface area (Å²) in [6.07, 6.45) is 11.9. The van der Waals surface area contributed by atoms with Gasteiger partial charge in [0, 0.05) is 106 Å². The van der Waals surface area contributed by atoms with Crippen LogP contribution in [0.2, 0.25) is 0 Å². The van der Waals surface area contributed by atoms with Crippen LogP contribution >= 0.6 is 0 Å². The van der Waals surface area contributed by atoms with E-state index in [4.69, 9.17) is 78.1 Å². The Kier molecular flexibility index (Phi) is 41.5. The van der Waals surface area contributed by atoms with Crippen LogP contribution in [0.4, 0.5) is 10.6 Å². The van der Waals surface area contributed by atoms with Gasteiger partial charge in [0.2, 0.25) is 11.7 Å². The molecule has 0 spiro atoms. The maximum atomic E-state index is 14.6. The molecule has 0 radical (unpaired) electrons. The molecule has 6 heterocycles. The average Bonchev–Trinajstić information content (AvgIpc) is 1.74. The van der Waals surface area contributed by atoms with Gasteiger partial charge in [0.25, 0.3) is 11.7 Å². The molecular weight excluding hydrogens is 1540 g/mol. The number of rotatable bonds is 39. The second kappa shape index (κ2) is 51.2. The molecule has 3 fully saturated rings. The second-order valence-corrected chi connectivity index (χ2v) is 31.4. The molecule has 8 rings (SSSR count). The van der Waals surface area contributed by atoms with E-state index in [0.717, 1.165) is 50.9 Å². The van der Waals surface area contributed by atoms with E-state index < -0.39 is 120 Å². The molecule has 4 aromatic rings. The molecule has 119 heavy (non-hydrogen) atoms. The lowest BCUT2D eigenvalue weighted by molar-refractivity contribution is -0.265. The molecule has 662 valence electrons. The minimum atomic E-state index is -2.51. The number of ether oxygens (including phenoxy) is 13. The van der Waals surface area contributed by atoms with Crippen LogP contribution in [0.25, 0.3) is 33.2 Å². The number of anilines is 1. The van der Waals surface area contributed by atoms with E-state index in [2.05, 4.69) is 31.7 Å². The Hall–Kier alpha value is -7.84. The summed E-state index contributed by atoms with van der Waals surface area (Å²) in [6, 6.07) is 5.85. The number of Topliss-reactive ketones (excluding diaryl/α,β-unsaturated/α-hetero) is 3. The number of aromatic nitrogens is 5. The standard InChI is InChI=1S/C86H130N10O23/c1-56-16-10-9-11-17-57(2)71(107-7)53-65-22-19-61(6)86(106,119-65)80(102)83(103)95-30-14-12-18-68(95)84(104)117-72(54-69(97)58(3)49-60(5)78(100)79(101)77(99)59(4)48-56)66(87)50-62-20-24-70(73(51-62)108-8)118-85(105)91-29-33-110-35-37-112-39-41-114-43-45-116-47-46-115-44-42-113-40-38-111-36-34-109-32-26-74(98)90-27-13-15-31-96-82-75(81(88)92-55-93-82)76(94-96)64-21-23-67-63(52-64)25-28-89-67/h9-11,16-17,21,23,25,28,49,52,55-56,58-59,61-62,65-66,68,70-73,78-79,89,100-101,106H,12-15,18-20,22,24,26-27,29-48,50-51,53-54,87H2,1-8H3,(H,90,98)(H,91,105)(H2,88,92,93)/b11-9+,16-10+,57-17+,60-49+/t56-,58-,59-,61-,62+,65+,66-,68+,70-,71+,72+,73-,78-,79+,86-/m1/s1. The van der Waals surface area contributed by atoms with Crippen LogP contribution in [0.15, 0.2) is 84.4 Å². The zero-order chi connectivity index (χ0) is 85.6. The van der Waals surface area contributed by atoms with Crippen molar-refractivity contribution in [2.24, 2.45) is 35.3 Å². The number of carbonyl (C=O) groups is 7. The number of hydrogen-bond acceptors (Lipinski definition) is 28. The molecule has 1 aromatic carbocycles. The number of alkyl carbamates (subject to hydrolysis) is 1. The molecule has 1 saturated carbocycles. The highest BCUT2D eigenvalue weighted by Gasteiger charge is 2.53. The molecule has 2 bridgehead atoms. The summed E-state index contributed by atoms with van der Waals surface area (Å²) in [6.45, 7) is 17.3. The Morgan fingerprint density at radius 2 is 1.38 bits per heavy atom. The maximum absolute atomic E-state index is 14.6. The van der Waals surface area contributed by atoms with Gasteiger partial charge in [-0.05, 0) is 132 Å². The van der Waals surface area contributed by atoms with E-state index >= 15 is 0 Å². The van der Waals surface area contributed by atoms with Crippen LogP contribution in [-0.4, -0.2) is 286 Å². The quantitative estimate of drug-likeness (QED) is 0.00970. The number of aliphatic hydroxyl groups excluding tert-OH is 2. The van der Waals surface area contributed by atoms with Crippen molar-refractivity contribution in [1.29, 1.82) is 0 Å². The molecule has 10 N–H and O–H groups in total. The van der Waals surface area contributed by atoms with E-state index in [1.807, 2.05) is 73.3 Å². The number of fused-ring (bicyclic) bond motifs is 5. The highest BCUT2D eigenvalue weighted by Crippen LogP contribution is 2.39. The fraction of sp³-hybridized carbons (Fsp3) is 0.674. The number of nitrogen functional groups attached to an aromatic ring is 1. The van der Waals surface area contributed by atoms with Gasteiger partial charge in [-0.25, -0.2) is 24.2 Å². The third-order valence-corrected chi connectivity index (χ3v) is 22.3. The number of nitrogens with one attached hydrogen (secondary N) is 3. The van der Waals surface area contributed by atoms with Crippen LogP contribution in [0.3, 0.4) is 0 Å². The lowest BCUT2D eigenvalue weighted by atomic mass is 9.80. The number of H-pyrrole nitrogens is 1. The number of cyclic esters (lactones) is 1. The Balaban J connectivity index is 0.650. The molecule has 33 nitrogen and oxygen atoms in total. The Morgan fingerprint density at radius 1 is 0.714 bits per heavy atom. The number of aromatic amines is 1. The van der Waals surface area contributed by atoms with Gasteiger partial charge in [0.15, 0.2) is 11.4 Å². The number of allylic oxidation sites excluding steroid dienone is 6.